The lowest BCUT2D eigenvalue weighted by molar-refractivity contribution is 0.376. The highest BCUT2D eigenvalue weighted by Gasteiger charge is 2.24. The van der Waals surface area contributed by atoms with Gasteiger partial charge in [0.15, 0.2) is 0 Å². The summed E-state index contributed by atoms with van der Waals surface area (Å²) >= 11 is 0. The second kappa shape index (κ2) is 4.96. The maximum atomic E-state index is 7.56. The van der Waals surface area contributed by atoms with Crippen LogP contribution in [0.3, 0.4) is 0 Å². The molecule has 1 aromatic heterocycles. The zero-order valence-electron chi connectivity index (χ0n) is 11.4. The van der Waals surface area contributed by atoms with Gasteiger partial charge in [0.2, 0.25) is 0 Å². The number of rotatable bonds is 2. The number of aromatic nitrogens is 1. The normalized spacial score (nSPS) is 24.1. The molecule has 0 spiro atoms. The molecule has 3 N–H and O–H groups in total. The Bertz CT molecular complexity index is 455. The van der Waals surface area contributed by atoms with E-state index < -0.39 is 0 Å². The van der Waals surface area contributed by atoms with E-state index in [0.29, 0.717) is 6.04 Å². The van der Waals surface area contributed by atoms with Gasteiger partial charge in [-0.3, -0.25) is 5.41 Å². The van der Waals surface area contributed by atoms with Crippen molar-refractivity contribution in [2.75, 3.05) is 11.4 Å². The number of nitrogen functional groups attached to an aromatic ring is 1. The Hall–Kier alpha value is -1.58. The first kappa shape index (κ1) is 12.9. The average Bonchev–Trinajstić information content (AvgIpc) is 2.27. The van der Waals surface area contributed by atoms with Crippen LogP contribution in [-0.4, -0.2) is 23.4 Å². The molecule has 0 amide bonds. The predicted octanol–water partition coefficient (Wildman–Crippen LogP) is 2.30. The molecular formula is C14H22N4. The van der Waals surface area contributed by atoms with Crippen LogP contribution >= 0.6 is 0 Å². The monoisotopic (exact) mass is 246 g/mol. The van der Waals surface area contributed by atoms with Crippen LogP contribution in [0.15, 0.2) is 12.1 Å². The molecule has 18 heavy (non-hydrogen) atoms. The highest BCUT2D eigenvalue weighted by molar-refractivity contribution is 5.95. The second-order valence-electron chi connectivity index (χ2n) is 5.44. The number of aryl methyl sites for hydroxylation is 1. The molecule has 2 heterocycles. The SMILES string of the molecule is Cc1cc(C(=N)N)cc(N2CCC(C)CC2C)n1. The van der Waals surface area contributed by atoms with Crippen LogP contribution < -0.4 is 10.6 Å². The van der Waals surface area contributed by atoms with E-state index >= 15 is 0 Å². The van der Waals surface area contributed by atoms with Gasteiger partial charge in [-0.2, -0.15) is 0 Å². The van der Waals surface area contributed by atoms with E-state index in [2.05, 4.69) is 23.7 Å². The van der Waals surface area contributed by atoms with Gasteiger partial charge >= 0.3 is 0 Å². The largest absolute Gasteiger partial charge is 0.384 e. The Morgan fingerprint density at radius 2 is 2.17 bits per heavy atom. The summed E-state index contributed by atoms with van der Waals surface area (Å²) < 4.78 is 0. The minimum atomic E-state index is 0.111. The van der Waals surface area contributed by atoms with Gasteiger partial charge in [0, 0.05) is 23.8 Å². The summed E-state index contributed by atoms with van der Waals surface area (Å²) in [4.78, 5) is 6.92. The number of piperidine rings is 1. The van der Waals surface area contributed by atoms with Crippen LogP contribution in [0.4, 0.5) is 5.82 Å². The number of anilines is 1. The van der Waals surface area contributed by atoms with Gasteiger partial charge in [-0.05, 0) is 44.7 Å². The third-order valence-corrected chi connectivity index (χ3v) is 3.68. The van der Waals surface area contributed by atoms with E-state index in [1.165, 1.54) is 12.8 Å². The molecule has 98 valence electrons. The molecule has 0 bridgehead atoms. The van der Waals surface area contributed by atoms with Crippen LogP contribution in [0, 0.1) is 18.3 Å². The van der Waals surface area contributed by atoms with Crippen LogP contribution in [0.25, 0.3) is 0 Å². The summed E-state index contributed by atoms with van der Waals surface area (Å²) in [6.45, 7) is 7.54. The number of pyridine rings is 1. The molecule has 2 atom stereocenters. The Balaban J connectivity index is 2.30. The lowest BCUT2D eigenvalue weighted by atomic mass is 9.93. The lowest BCUT2D eigenvalue weighted by Gasteiger charge is -2.37. The van der Waals surface area contributed by atoms with Crippen molar-refractivity contribution in [2.24, 2.45) is 11.7 Å². The third kappa shape index (κ3) is 2.63. The van der Waals surface area contributed by atoms with Crippen molar-refractivity contribution in [3.63, 3.8) is 0 Å². The number of nitrogens with zero attached hydrogens (tertiary/aromatic N) is 2. The van der Waals surface area contributed by atoms with E-state index in [9.17, 15) is 0 Å². The summed E-state index contributed by atoms with van der Waals surface area (Å²) in [5, 5.41) is 7.56. The fourth-order valence-corrected chi connectivity index (χ4v) is 2.70. The van der Waals surface area contributed by atoms with Crippen LogP contribution in [0.2, 0.25) is 0 Å². The zero-order chi connectivity index (χ0) is 13.3. The summed E-state index contributed by atoms with van der Waals surface area (Å²) in [7, 11) is 0. The highest BCUT2D eigenvalue weighted by atomic mass is 15.2. The molecule has 4 nitrogen and oxygen atoms in total. The van der Waals surface area contributed by atoms with Gasteiger partial charge in [0.25, 0.3) is 0 Å². The summed E-state index contributed by atoms with van der Waals surface area (Å²) in [5.74, 6) is 1.85. The minimum absolute atomic E-state index is 0.111. The molecule has 4 heteroatoms. The molecule has 1 saturated heterocycles. The quantitative estimate of drug-likeness (QED) is 0.621. The van der Waals surface area contributed by atoms with Gasteiger partial charge in [-0.25, -0.2) is 4.98 Å². The van der Waals surface area contributed by atoms with Gasteiger partial charge in [-0.1, -0.05) is 6.92 Å². The zero-order valence-corrected chi connectivity index (χ0v) is 11.4. The van der Waals surface area contributed by atoms with Crippen molar-refractivity contribution >= 4 is 11.7 Å². The van der Waals surface area contributed by atoms with E-state index in [-0.39, 0.29) is 5.84 Å². The Labute approximate surface area is 109 Å². The number of nitrogens with two attached hydrogens (primary N) is 1. The van der Waals surface area contributed by atoms with Crippen molar-refractivity contribution in [2.45, 2.75) is 39.7 Å². The maximum Gasteiger partial charge on any atom is 0.129 e. The molecule has 1 fully saturated rings. The first-order valence-electron chi connectivity index (χ1n) is 6.57. The van der Waals surface area contributed by atoms with Crippen LogP contribution in [-0.2, 0) is 0 Å². The van der Waals surface area contributed by atoms with E-state index in [0.717, 1.165) is 29.5 Å². The Morgan fingerprint density at radius 3 is 2.78 bits per heavy atom. The molecule has 2 unspecified atom stereocenters. The molecular weight excluding hydrogens is 224 g/mol. The van der Waals surface area contributed by atoms with Gasteiger partial charge in [0.05, 0.1) is 0 Å². The number of nitrogens with one attached hydrogen (secondary N) is 1. The molecule has 1 aliphatic heterocycles. The van der Waals surface area contributed by atoms with E-state index in [4.69, 9.17) is 11.1 Å². The summed E-state index contributed by atoms with van der Waals surface area (Å²) in [5.41, 5.74) is 7.26. The van der Waals surface area contributed by atoms with Gasteiger partial charge in [0.1, 0.15) is 11.7 Å². The number of hydrogen-bond acceptors (Lipinski definition) is 3. The van der Waals surface area contributed by atoms with Gasteiger partial charge < -0.3 is 10.6 Å². The van der Waals surface area contributed by atoms with E-state index in [1.807, 2.05) is 19.1 Å². The molecule has 2 rings (SSSR count). The van der Waals surface area contributed by atoms with Crippen molar-refractivity contribution < 1.29 is 0 Å². The summed E-state index contributed by atoms with van der Waals surface area (Å²) in [6, 6.07) is 4.30. The third-order valence-electron chi connectivity index (χ3n) is 3.68. The van der Waals surface area contributed by atoms with Crippen molar-refractivity contribution in [1.29, 1.82) is 5.41 Å². The van der Waals surface area contributed by atoms with Crippen molar-refractivity contribution in [1.82, 2.24) is 4.98 Å². The Kier molecular flexibility index (Phi) is 3.55. The van der Waals surface area contributed by atoms with Gasteiger partial charge in [-0.15, -0.1) is 0 Å². The number of amidine groups is 1. The lowest BCUT2D eigenvalue weighted by Crippen LogP contribution is -2.41. The highest BCUT2D eigenvalue weighted by Crippen LogP contribution is 2.27. The Morgan fingerprint density at radius 1 is 1.44 bits per heavy atom. The maximum absolute atomic E-state index is 7.56. The van der Waals surface area contributed by atoms with Crippen molar-refractivity contribution in [3.05, 3.63) is 23.4 Å². The molecule has 1 aromatic rings. The topological polar surface area (TPSA) is 66.0 Å². The van der Waals surface area contributed by atoms with E-state index in [1.54, 1.807) is 0 Å². The molecule has 0 aliphatic carbocycles. The summed E-state index contributed by atoms with van der Waals surface area (Å²) in [6.07, 6.45) is 2.40. The van der Waals surface area contributed by atoms with Crippen molar-refractivity contribution in [3.8, 4) is 0 Å². The standard InChI is InChI=1S/C14H22N4/c1-9-4-5-18(11(3)6-9)13-8-12(14(15)16)7-10(2)17-13/h7-9,11H,4-6H2,1-3H3,(H3,15,16). The number of hydrogen-bond donors (Lipinski definition) is 2. The van der Waals surface area contributed by atoms with Crippen LogP contribution in [0.5, 0.6) is 0 Å². The smallest absolute Gasteiger partial charge is 0.129 e. The minimum Gasteiger partial charge on any atom is -0.384 e. The van der Waals surface area contributed by atoms with Crippen LogP contribution in [0.1, 0.15) is 37.9 Å². The molecule has 0 saturated carbocycles. The fraction of sp³-hybridized carbons (Fsp3) is 0.571. The fourth-order valence-electron chi connectivity index (χ4n) is 2.70. The molecule has 1 aliphatic rings. The molecule has 0 aromatic carbocycles. The molecule has 0 radical (unpaired) electrons. The predicted molar refractivity (Wildman–Crippen MR) is 75.2 cm³/mol. The first-order chi connectivity index (χ1) is 8.47. The first-order valence-corrected chi connectivity index (χ1v) is 6.57. The second-order valence-corrected chi connectivity index (χ2v) is 5.44. The average molecular weight is 246 g/mol.